The first kappa shape index (κ1) is 31.4. The lowest BCUT2D eigenvalue weighted by molar-refractivity contribution is 0.129. The molecule has 192 valence electrons. The van der Waals surface area contributed by atoms with Crippen molar-refractivity contribution in [2.75, 3.05) is 52.4 Å². The molecule has 0 aromatic heterocycles. The van der Waals surface area contributed by atoms with Crippen molar-refractivity contribution in [3.05, 3.63) is 64.2 Å². The van der Waals surface area contributed by atoms with Crippen LogP contribution in [0.4, 0.5) is 0 Å². The van der Waals surface area contributed by atoms with Gasteiger partial charge in [-0.15, -0.1) is 37.2 Å². The van der Waals surface area contributed by atoms with Gasteiger partial charge in [0.2, 0.25) is 10.0 Å². The van der Waals surface area contributed by atoms with Gasteiger partial charge in [0.25, 0.3) is 0 Å². The topological polar surface area (TPSA) is 64.7 Å². The molecule has 0 bridgehead atoms. The molecule has 1 saturated heterocycles. The number of fused-ring (bicyclic) bond motifs is 1. The van der Waals surface area contributed by atoms with Crippen LogP contribution in [0.1, 0.15) is 16.7 Å². The van der Waals surface area contributed by atoms with Gasteiger partial charge in [0.1, 0.15) is 0 Å². The predicted molar refractivity (Wildman–Crippen MR) is 147 cm³/mol. The summed E-state index contributed by atoms with van der Waals surface area (Å²) < 4.78 is 28.3. The van der Waals surface area contributed by atoms with E-state index in [4.69, 9.17) is 11.6 Å². The van der Waals surface area contributed by atoms with Crippen LogP contribution < -0.4 is 10.0 Å². The second-order valence-electron chi connectivity index (χ2n) is 8.32. The molecule has 6 nitrogen and oxygen atoms in total. The summed E-state index contributed by atoms with van der Waals surface area (Å²) in [6.45, 7) is 7.77. The molecule has 0 amide bonds. The zero-order chi connectivity index (χ0) is 21.7. The van der Waals surface area contributed by atoms with Gasteiger partial charge in [-0.3, -0.25) is 9.80 Å². The van der Waals surface area contributed by atoms with Crippen LogP contribution in [0.25, 0.3) is 0 Å². The maximum Gasteiger partial charge on any atom is 0.240 e. The van der Waals surface area contributed by atoms with Crippen molar-refractivity contribution >= 4 is 58.8 Å². The van der Waals surface area contributed by atoms with Gasteiger partial charge in [-0.1, -0.05) is 29.8 Å². The van der Waals surface area contributed by atoms with Gasteiger partial charge in [0.05, 0.1) is 4.90 Å². The molecule has 2 aromatic carbocycles. The third-order valence-electron chi connectivity index (χ3n) is 6.13. The van der Waals surface area contributed by atoms with Gasteiger partial charge in [-0.25, -0.2) is 13.1 Å². The minimum absolute atomic E-state index is 0. The fourth-order valence-electron chi connectivity index (χ4n) is 4.26. The van der Waals surface area contributed by atoms with Crippen LogP contribution in [0, 0.1) is 0 Å². The Bertz CT molecular complexity index is 985. The summed E-state index contributed by atoms with van der Waals surface area (Å²) in [6.07, 6.45) is 1.83. The third kappa shape index (κ3) is 8.80. The molecular formula is C23H34Cl4N4O2S. The van der Waals surface area contributed by atoms with Crippen molar-refractivity contribution in [1.29, 1.82) is 0 Å². The molecule has 0 atom stereocenters. The number of sulfonamides is 1. The fourth-order valence-corrected chi connectivity index (χ4v) is 5.45. The highest BCUT2D eigenvalue weighted by molar-refractivity contribution is 7.89. The first-order valence-electron chi connectivity index (χ1n) is 11.0. The van der Waals surface area contributed by atoms with Crippen LogP contribution in [-0.2, 0) is 29.4 Å². The fraction of sp³-hybridized carbons (Fsp3) is 0.478. The molecule has 0 unspecified atom stereocenters. The molecule has 2 heterocycles. The molecule has 0 aliphatic carbocycles. The summed E-state index contributed by atoms with van der Waals surface area (Å²) in [5.74, 6) is 0. The van der Waals surface area contributed by atoms with E-state index < -0.39 is 10.0 Å². The number of benzene rings is 2. The maximum absolute atomic E-state index is 12.8. The summed E-state index contributed by atoms with van der Waals surface area (Å²) in [5.41, 5.74) is 3.66. The Hall–Kier alpha value is -0.610. The molecule has 2 aromatic rings. The average Bonchev–Trinajstić information content (AvgIpc) is 3.01. The third-order valence-corrected chi connectivity index (χ3v) is 7.85. The quantitative estimate of drug-likeness (QED) is 0.533. The molecule has 0 radical (unpaired) electrons. The smallest absolute Gasteiger partial charge is 0.240 e. The van der Waals surface area contributed by atoms with Crippen molar-refractivity contribution in [3.63, 3.8) is 0 Å². The highest BCUT2D eigenvalue weighted by Gasteiger charge is 2.19. The first-order valence-corrected chi connectivity index (χ1v) is 12.9. The lowest BCUT2D eigenvalue weighted by Crippen LogP contribution is -2.48. The van der Waals surface area contributed by atoms with Crippen molar-refractivity contribution in [2.24, 2.45) is 0 Å². The van der Waals surface area contributed by atoms with E-state index >= 15 is 0 Å². The molecule has 4 rings (SSSR count). The van der Waals surface area contributed by atoms with Gasteiger partial charge in [-0.05, 0) is 66.9 Å². The number of piperazine rings is 1. The van der Waals surface area contributed by atoms with Gasteiger partial charge in [0.15, 0.2) is 0 Å². The Morgan fingerprint density at radius 1 is 0.853 bits per heavy atom. The maximum atomic E-state index is 12.8. The Balaban J connectivity index is 0.00000193. The van der Waals surface area contributed by atoms with Crippen LogP contribution >= 0.6 is 48.8 Å². The zero-order valence-electron chi connectivity index (χ0n) is 19.0. The largest absolute Gasteiger partial charge is 0.316 e. The summed E-state index contributed by atoms with van der Waals surface area (Å²) in [6, 6.07) is 13.6. The number of hydrogen-bond donors (Lipinski definition) is 2. The molecule has 0 saturated carbocycles. The highest BCUT2D eigenvalue weighted by atomic mass is 35.5. The van der Waals surface area contributed by atoms with Gasteiger partial charge in [0, 0.05) is 50.8 Å². The van der Waals surface area contributed by atoms with Crippen molar-refractivity contribution in [1.82, 2.24) is 19.8 Å². The van der Waals surface area contributed by atoms with E-state index in [2.05, 4.69) is 32.0 Å². The summed E-state index contributed by atoms with van der Waals surface area (Å²) in [5, 5.41) is 4.13. The van der Waals surface area contributed by atoms with E-state index in [9.17, 15) is 8.42 Å². The molecular weight excluding hydrogens is 538 g/mol. The Labute approximate surface area is 227 Å². The predicted octanol–water partition coefficient (Wildman–Crippen LogP) is 3.39. The van der Waals surface area contributed by atoms with Crippen molar-refractivity contribution in [3.8, 4) is 0 Å². The highest BCUT2D eigenvalue weighted by Crippen LogP contribution is 2.19. The number of nitrogens with one attached hydrogen (secondary N) is 2. The molecule has 2 N–H and O–H groups in total. The Kier molecular flexibility index (Phi) is 13.7. The van der Waals surface area contributed by atoms with Crippen LogP contribution in [-0.4, -0.2) is 70.6 Å². The lowest BCUT2D eigenvalue weighted by Gasteiger charge is -2.34. The summed E-state index contributed by atoms with van der Waals surface area (Å²) in [4.78, 5) is 5.12. The van der Waals surface area contributed by atoms with Crippen LogP contribution in [0.3, 0.4) is 0 Å². The van der Waals surface area contributed by atoms with E-state index in [1.165, 1.54) is 11.1 Å². The molecule has 34 heavy (non-hydrogen) atoms. The average molecular weight is 572 g/mol. The van der Waals surface area contributed by atoms with E-state index in [1.807, 2.05) is 24.3 Å². The van der Waals surface area contributed by atoms with Crippen molar-refractivity contribution < 1.29 is 8.42 Å². The minimum atomic E-state index is -3.48. The van der Waals surface area contributed by atoms with E-state index in [0.29, 0.717) is 11.4 Å². The summed E-state index contributed by atoms with van der Waals surface area (Å²) in [7, 11) is -3.48. The minimum Gasteiger partial charge on any atom is -0.316 e. The monoisotopic (exact) mass is 570 g/mol. The number of hydrogen-bond acceptors (Lipinski definition) is 5. The zero-order valence-corrected chi connectivity index (χ0v) is 23.1. The SMILES string of the molecule is Cl.Cl.Cl.O=S(=O)(NCCN1CCN(Cc2ccc(Cl)cc2)CC1)c1ccc2c(c1)CCNCC2. The second-order valence-corrected chi connectivity index (χ2v) is 10.5. The lowest BCUT2D eigenvalue weighted by atomic mass is 10.0. The second kappa shape index (κ2) is 14.8. The molecule has 1 fully saturated rings. The van der Waals surface area contributed by atoms with E-state index in [-0.39, 0.29) is 37.2 Å². The number of rotatable bonds is 7. The van der Waals surface area contributed by atoms with Gasteiger partial charge >= 0.3 is 0 Å². The van der Waals surface area contributed by atoms with Crippen molar-refractivity contribution in [2.45, 2.75) is 24.3 Å². The van der Waals surface area contributed by atoms with Crippen LogP contribution in [0.15, 0.2) is 47.4 Å². The van der Waals surface area contributed by atoms with Gasteiger partial charge < -0.3 is 5.32 Å². The normalized spacial score (nSPS) is 16.9. The van der Waals surface area contributed by atoms with E-state index in [1.54, 1.807) is 6.07 Å². The number of halogens is 4. The standard InChI is InChI=1S/C23H31ClN4O2S.3ClH/c24-22-4-1-19(2-5-22)18-28-15-13-27(14-16-28)12-11-26-31(29,30)23-6-3-20-7-9-25-10-8-21(20)17-23;;;/h1-6,17,25-26H,7-16,18H2;3*1H. The molecule has 0 spiro atoms. The Morgan fingerprint density at radius 2 is 1.47 bits per heavy atom. The molecule has 2 aliphatic rings. The molecule has 2 aliphatic heterocycles. The van der Waals surface area contributed by atoms with Gasteiger partial charge in [-0.2, -0.15) is 0 Å². The summed E-state index contributed by atoms with van der Waals surface area (Å²) >= 11 is 5.96. The first-order chi connectivity index (χ1) is 15.0. The van der Waals surface area contributed by atoms with E-state index in [0.717, 1.165) is 75.8 Å². The molecule has 11 heteroatoms. The van der Waals surface area contributed by atoms with Crippen LogP contribution in [0.2, 0.25) is 5.02 Å². The Morgan fingerprint density at radius 3 is 2.15 bits per heavy atom. The number of nitrogens with zero attached hydrogens (tertiary/aromatic N) is 2. The van der Waals surface area contributed by atoms with Crippen LogP contribution in [0.5, 0.6) is 0 Å².